The van der Waals surface area contributed by atoms with Crippen LogP contribution in [0, 0.1) is 0 Å². The number of esters is 1. The van der Waals surface area contributed by atoms with Crippen molar-refractivity contribution in [1.29, 1.82) is 0 Å². The van der Waals surface area contributed by atoms with Crippen LogP contribution in [0.5, 0.6) is 0 Å². The molecule has 24 heavy (non-hydrogen) atoms. The smallest absolute Gasteiger partial charge is 0.325 e. The molecule has 1 aromatic carbocycles. The van der Waals surface area contributed by atoms with Gasteiger partial charge >= 0.3 is 5.97 Å². The fourth-order valence-corrected chi connectivity index (χ4v) is 2.55. The van der Waals surface area contributed by atoms with Gasteiger partial charge in [-0.25, -0.2) is 0 Å². The van der Waals surface area contributed by atoms with Gasteiger partial charge in [-0.05, 0) is 64.0 Å². The van der Waals surface area contributed by atoms with E-state index in [0.717, 1.165) is 51.1 Å². The molecule has 0 bridgehead atoms. The van der Waals surface area contributed by atoms with E-state index in [0.29, 0.717) is 13.2 Å². The third-order valence-electron chi connectivity index (χ3n) is 3.77. The maximum atomic E-state index is 11.9. The van der Waals surface area contributed by atoms with Crippen LogP contribution in [0.2, 0.25) is 0 Å². The van der Waals surface area contributed by atoms with Gasteiger partial charge in [-0.1, -0.05) is 19.1 Å². The van der Waals surface area contributed by atoms with Gasteiger partial charge in [-0.15, -0.1) is 0 Å². The summed E-state index contributed by atoms with van der Waals surface area (Å²) in [7, 11) is 1.94. The van der Waals surface area contributed by atoms with Crippen molar-refractivity contribution in [3.05, 3.63) is 29.8 Å². The molecule has 5 nitrogen and oxygen atoms in total. The predicted molar refractivity (Wildman–Crippen MR) is 100 cm³/mol. The molecule has 0 aromatic heterocycles. The van der Waals surface area contributed by atoms with Gasteiger partial charge in [0.1, 0.15) is 6.54 Å². The number of nitrogens with zero attached hydrogens (tertiary/aromatic N) is 1. The molecule has 0 saturated heterocycles. The Bertz CT molecular complexity index is 448. The molecule has 0 aliphatic heterocycles. The molecule has 0 heterocycles. The third-order valence-corrected chi connectivity index (χ3v) is 3.77. The van der Waals surface area contributed by atoms with Gasteiger partial charge in [0.2, 0.25) is 0 Å². The zero-order valence-corrected chi connectivity index (χ0v) is 15.4. The second-order valence-electron chi connectivity index (χ2n) is 5.88. The van der Waals surface area contributed by atoms with Crippen LogP contribution >= 0.6 is 0 Å². The van der Waals surface area contributed by atoms with Crippen LogP contribution in [-0.4, -0.2) is 45.8 Å². The first kappa shape index (κ1) is 20.5. The topological polar surface area (TPSA) is 53.6 Å². The van der Waals surface area contributed by atoms with E-state index in [-0.39, 0.29) is 5.97 Å². The zero-order chi connectivity index (χ0) is 17.6. The van der Waals surface area contributed by atoms with Crippen molar-refractivity contribution in [3.8, 4) is 0 Å². The number of hydrogen-bond donors (Lipinski definition) is 2. The molecule has 0 atom stereocenters. The van der Waals surface area contributed by atoms with Gasteiger partial charge in [-0.3, -0.25) is 4.79 Å². The Morgan fingerprint density at radius 1 is 1.12 bits per heavy atom. The minimum Gasteiger partial charge on any atom is -0.465 e. The Morgan fingerprint density at radius 3 is 2.50 bits per heavy atom. The highest BCUT2D eigenvalue weighted by Crippen LogP contribution is 2.16. The Balaban J connectivity index is 2.57. The number of ether oxygens (including phenoxy) is 1. The second kappa shape index (κ2) is 12.8. The molecule has 1 aromatic rings. The molecule has 2 N–H and O–H groups in total. The molecule has 5 heteroatoms. The molecule has 136 valence electrons. The van der Waals surface area contributed by atoms with E-state index in [1.165, 1.54) is 5.56 Å². The highest BCUT2D eigenvalue weighted by molar-refractivity contribution is 5.75. The highest BCUT2D eigenvalue weighted by Gasteiger charge is 2.12. The summed E-state index contributed by atoms with van der Waals surface area (Å²) in [5, 5.41) is 6.56. The van der Waals surface area contributed by atoms with Crippen LogP contribution in [0.4, 0.5) is 5.69 Å². The predicted octanol–water partition coefficient (Wildman–Crippen LogP) is 2.56. The Morgan fingerprint density at radius 2 is 1.88 bits per heavy atom. The summed E-state index contributed by atoms with van der Waals surface area (Å²) in [5.41, 5.74) is 2.31. The van der Waals surface area contributed by atoms with Crippen molar-refractivity contribution >= 4 is 11.7 Å². The van der Waals surface area contributed by atoms with Crippen LogP contribution in [0.1, 0.15) is 38.7 Å². The van der Waals surface area contributed by atoms with Crippen LogP contribution in [0.25, 0.3) is 0 Å². The second-order valence-corrected chi connectivity index (χ2v) is 5.88. The van der Waals surface area contributed by atoms with Crippen molar-refractivity contribution in [2.45, 2.75) is 39.7 Å². The Labute approximate surface area is 146 Å². The lowest BCUT2D eigenvalue weighted by molar-refractivity contribution is -0.141. The zero-order valence-electron chi connectivity index (χ0n) is 15.4. The summed E-state index contributed by atoms with van der Waals surface area (Å²) in [6.45, 7) is 8.55. The summed E-state index contributed by atoms with van der Waals surface area (Å²) >= 11 is 0. The monoisotopic (exact) mass is 335 g/mol. The van der Waals surface area contributed by atoms with E-state index < -0.39 is 0 Å². The summed E-state index contributed by atoms with van der Waals surface area (Å²) in [4.78, 5) is 14.0. The molecule has 0 spiro atoms. The van der Waals surface area contributed by atoms with E-state index in [2.05, 4.69) is 46.7 Å². The van der Waals surface area contributed by atoms with Crippen LogP contribution in [0.3, 0.4) is 0 Å². The molecule has 1 rings (SSSR count). The van der Waals surface area contributed by atoms with E-state index in [1.54, 1.807) is 0 Å². The first-order valence-electron chi connectivity index (χ1n) is 9.06. The molecule has 0 fully saturated rings. The molecule has 0 unspecified atom stereocenters. The lowest BCUT2D eigenvalue weighted by Crippen LogP contribution is -2.32. The third kappa shape index (κ3) is 8.31. The number of carbonyl (C=O) groups is 1. The van der Waals surface area contributed by atoms with Gasteiger partial charge in [0.05, 0.1) is 6.61 Å². The van der Waals surface area contributed by atoms with Crippen molar-refractivity contribution in [1.82, 2.24) is 10.6 Å². The number of rotatable bonds is 13. The maximum Gasteiger partial charge on any atom is 0.325 e. The molecule has 0 saturated carbocycles. The van der Waals surface area contributed by atoms with E-state index in [1.807, 2.05) is 14.0 Å². The number of nitrogens with one attached hydrogen (secondary N) is 2. The number of anilines is 1. The summed E-state index contributed by atoms with van der Waals surface area (Å²) < 4.78 is 5.11. The largest absolute Gasteiger partial charge is 0.465 e. The van der Waals surface area contributed by atoms with Gasteiger partial charge in [0.25, 0.3) is 0 Å². The standard InChI is InChI=1S/C19H33N3O2/c1-4-12-21-13-6-7-14-22(16-19(23)24-5-2)18-10-8-17(9-11-18)15-20-3/h8-11,20-21H,4-7,12-16H2,1-3H3. The lowest BCUT2D eigenvalue weighted by atomic mass is 10.2. The Kier molecular flexibility index (Phi) is 10.9. The maximum absolute atomic E-state index is 11.9. The van der Waals surface area contributed by atoms with Crippen LogP contribution in [0.15, 0.2) is 24.3 Å². The van der Waals surface area contributed by atoms with Crippen molar-refractivity contribution in [2.75, 3.05) is 44.7 Å². The van der Waals surface area contributed by atoms with Gasteiger partial charge in [0, 0.05) is 18.8 Å². The van der Waals surface area contributed by atoms with Crippen LogP contribution < -0.4 is 15.5 Å². The molecule has 0 aliphatic carbocycles. The van der Waals surface area contributed by atoms with Crippen LogP contribution in [-0.2, 0) is 16.1 Å². The van der Waals surface area contributed by atoms with E-state index >= 15 is 0 Å². The van der Waals surface area contributed by atoms with Gasteiger partial charge < -0.3 is 20.3 Å². The van der Waals surface area contributed by atoms with E-state index in [9.17, 15) is 4.79 Å². The normalized spacial score (nSPS) is 10.6. The number of hydrogen-bond acceptors (Lipinski definition) is 5. The number of carbonyl (C=O) groups excluding carboxylic acids is 1. The molecule has 0 radical (unpaired) electrons. The first-order chi connectivity index (χ1) is 11.7. The summed E-state index contributed by atoms with van der Waals surface area (Å²) in [5.74, 6) is -0.166. The number of unbranched alkanes of at least 4 members (excludes halogenated alkanes) is 1. The molecule has 0 aliphatic rings. The van der Waals surface area contributed by atoms with E-state index in [4.69, 9.17) is 4.74 Å². The highest BCUT2D eigenvalue weighted by atomic mass is 16.5. The molecular formula is C19H33N3O2. The first-order valence-corrected chi connectivity index (χ1v) is 9.06. The lowest BCUT2D eigenvalue weighted by Gasteiger charge is -2.24. The molecular weight excluding hydrogens is 302 g/mol. The minimum atomic E-state index is -0.166. The number of benzene rings is 1. The average Bonchev–Trinajstić information content (AvgIpc) is 2.58. The van der Waals surface area contributed by atoms with Crippen molar-refractivity contribution < 1.29 is 9.53 Å². The Hall–Kier alpha value is -1.59. The quantitative estimate of drug-likeness (QED) is 0.429. The average molecular weight is 335 g/mol. The van der Waals surface area contributed by atoms with Gasteiger partial charge in [0.15, 0.2) is 0 Å². The summed E-state index contributed by atoms with van der Waals surface area (Å²) in [6, 6.07) is 8.38. The summed E-state index contributed by atoms with van der Waals surface area (Å²) in [6.07, 6.45) is 3.32. The van der Waals surface area contributed by atoms with Gasteiger partial charge in [-0.2, -0.15) is 0 Å². The van der Waals surface area contributed by atoms with Crippen molar-refractivity contribution in [2.24, 2.45) is 0 Å². The van der Waals surface area contributed by atoms with Crippen molar-refractivity contribution in [3.63, 3.8) is 0 Å². The fraction of sp³-hybridized carbons (Fsp3) is 0.632. The fourth-order valence-electron chi connectivity index (χ4n) is 2.55. The SMILES string of the molecule is CCCNCCCCN(CC(=O)OCC)c1ccc(CNC)cc1. The minimum absolute atomic E-state index is 0.166. The molecule has 0 amide bonds.